The zero-order valence-electron chi connectivity index (χ0n) is 41.7. The molecule has 0 saturated heterocycles. The van der Waals surface area contributed by atoms with Crippen molar-refractivity contribution in [2.75, 3.05) is 9.80 Å². The quantitative estimate of drug-likeness (QED) is 0.153. The Balaban J connectivity index is 1.01. The van der Waals surface area contributed by atoms with Crippen LogP contribution >= 0.6 is 0 Å². The summed E-state index contributed by atoms with van der Waals surface area (Å²) in [6.07, 6.45) is 0. The molecule has 2 aliphatic carbocycles. The van der Waals surface area contributed by atoms with Crippen LogP contribution in [0, 0.1) is 20.8 Å². The van der Waals surface area contributed by atoms with Gasteiger partial charge in [-0.1, -0.05) is 241 Å². The van der Waals surface area contributed by atoms with Gasteiger partial charge in [0.15, 0.2) is 0 Å². The molecule has 0 unspecified atom stereocenters. The van der Waals surface area contributed by atoms with Crippen molar-refractivity contribution in [3.05, 3.63) is 316 Å². The van der Waals surface area contributed by atoms with Gasteiger partial charge in [0.2, 0.25) is 6.71 Å². The van der Waals surface area contributed by atoms with Crippen LogP contribution in [0.4, 0.5) is 34.1 Å². The fourth-order valence-electron chi connectivity index (χ4n) is 14.4. The van der Waals surface area contributed by atoms with Crippen LogP contribution in [-0.2, 0) is 10.8 Å². The van der Waals surface area contributed by atoms with Gasteiger partial charge in [-0.05, 0) is 135 Å². The maximum atomic E-state index is 2.63. The van der Waals surface area contributed by atoms with E-state index < -0.39 is 10.8 Å². The van der Waals surface area contributed by atoms with Gasteiger partial charge < -0.3 is 9.80 Å². The molecule has 74 heavy (non-hydrogen) atoms. The molecule has 0 fully saturated rings. The molecule has 3 heteroatoms. The van der Waals surface area contributed by atoms with Crippen LogP contribution in [0.3, 0.4) is 0 Å². The van der Waals surface area contributed by atoms with Crippen molar-refractivity contribution < 1.29 is 0 Å². The number of para-hydroxylation sites is 3. The van der Waals surface area contributed by atoms with Crippen LogP contribution in [0.25, 0.3) is 22.3 Å². The van der Waals surface area contributed by atoms with Gasteiger partial charge in [0.05, 0.1) is 33.6 Å². The highest BCUT2D eigenvalue weighted by Gasteiger charge is 2.51. The first-order chi connectivity index (χ1) is 36.5. The Morgan fingerprint density at radius 1 is 0.311 bits per heavy atom. The second-order valence-corrected chi connectivity index (χ2v) is 20.9. The molecule has 0 atom stereocenters. The summed E-state index contributed by atoms with van der Waals surface area (Å²) in [5.74, 6) is 0. The first kappa shape index (κ1) is 42.7. The van der Waals surface area contributed by atoms with Crippen LogP contribution in [0.2, 0.25) is 0 Å². The number of fused-ring (bicyclic) bond motifs is 10. The number of nitrogens with zero attached hydrogens (tertiary/aromatic N) is 2. The summed E-state index contributed by atoms with van der Waals surface area (Å²) in [6, 6.07) is 96.4. The molecule has 348 valence electrons. The second kappa shape index (κ2) is 16.0. The van der Waals surface area contributed by atoms with Crippen LogP contribution in [0.15, 0.2) is 255 Å². The zero-order valence-corrected chi connectivity index (χ0v) is 41.7. The molecule has 2 nitrogen and oxygen atoms in total. The molecular formula is C71H51BN2. The Hall–Kier alpha value is -8.92. The topological polar surface area (TPSA) is 6.48 Å². The summed E-state index contributed by atoms with van der Waals surface area (Å²) in [5.41, 5.74) is 29.4. The maximum Gasteiger partial charge on any atom is 0.247 e. The molecule has 0 amide bonds. The third-order valence-corrected chi connectivity index (χ3v) is 17.1. The van der Waals surface area contributed by atoms with Crippen molar-refractivity contribution >= 4 is 57.2 Å². The van der Waals surface area contributed by atoms with Gasteiger partial charge in [0.1, 0.15) is 0 Å². The van der Waals surface area contributed by atoms with Crippen LogP contribution < -0.4 is 26.2 Å². The average Bonchev–Trinajstić information content (AvgIpc) is 3.91. The monoisotopic (exact) mass is 942 g/mol. The Kier molecular flexibility index (Phi) is 9.27. The normalized spacial score (nSPS) is 14.6. The minimum atomic E-state index is -0.533. The van der Waals surface area contributed by atoms with Crippen molar-refractivity contribution in [2.24, 2.45) is 0 Å². The summed E-state index contributed by atoms with van der Waals surface area (Å²) >= 11 is 0. The maximum absolute atomic E-state index is 2.63. The van der Waals surface area contributed by atoms with Gasteiger partial charge in [-0.3, -0.25) is 0 Å². The molecule has 15 rings (SSSR count). The summed E-state index contributed by atoms with van der Waals surface area (Å²) in [4.78, 5) is 5.17. The van der Waals surface area contributed by atoms with E-state index in [4.69, 9.17) is 0 Å². The summed E-state index contributed by atoms with van der Waals surface area (Å²) < 4.78 is 0. The highest BCUT2D eigenvalue weighted by molar-refractivity contribution is 6.98. The number of hydrogen-bond donors (Lipinski definition) is 0. The van der Waals surface area contributed by atoms with Crippen LogP contribution in [0.1, 0.15) is 61.2 Å². The molecule has 0 spiro atoms. The van der Waals surface area contributed by atoms with E-state index in [9.17, 15) is 0 Å². The Labute approximate surface area is 434 Å². The van der Waals surface area contributed by atoms with Gasteiger partial charge in [0, 0.05) is 11.4 Å². The number of aryl methyl sites for hydroxylation is 3. The molecule has 0 N–H and O–H groups in total. The molecule has 0 bridgehead atoms. The summed E-state index contributed by atoms with van der Waals surface area (Å²) in [5, 5.41) is 0. The minimum absolute atomic E-state index is 0.0496. The first-order valence-electron chi connectivity index (χ1n) is 26.1. The standard InChI is InChI=1S/C71H51BN2/c1-46-41-47(2)68(48(3)42-46)72-62-35-22-38-66-69(62)74(67-44-57-55-32-17-19-34-59(55)71(61(57)45-63(67)72,51-27-12-6-13-28-51)52-29-14-7-15-30-52)65-37-21-20-36-64(65)73(66)53-39-40-60-56(43-53)54-31-16-18-33-58(54)70(60,49-23-8-4-9-24-49)50-25-10-5-11-26-50/h4-45H,1-3H3. The minimum Gasteiger partial charge on any atom is -0.307 e. The lowest BCUT2D eigenvalue weighted by molar-refractivity contribution is 0.768. The molecule has 0 radical (unpaired) electrons. The Morgan fingerprint density at radius 3 is 1.31 bits per heavy atom. The van der Waals surface area contributed by atoms with Crippen LogP contribution in [0.5, 0.6) is 0 Å². The lowest BCUT2D eigenvalue weighted by Gasteiger charge is -2.46. The van der Waals surface area contributed by atoms with Gasteiger partial charge in [-0.2, -0.15) is 0 Å². The molecule has 0 aromatic heterocycles. The van der Waals surface area contributed by atoms with Gasteiger partial charge in [0.25, 0.3) is 0 Å². The Bertz CT molecular complexity index is 3970. The predicted octanol–water partition coefficient (Wildman–Crippen LogP) is 15.4. The average molecular weight is 943 g/mol. The molecule has 11 aromatic carbocycles. The Morgan fingerprint density at radius 2 is 0.757 bits per heavy atom. The van der Waals surface area contributed by atoms with E-state index >= 15 is 0 Å². The van der Waals surface area contributed by atoms with E-state index in [0.717, 1.165) is 17.1 Å². The molecule has 11 aromatic rings. The molecule has 4 aliphatic rings. The van der Waals surface area contributed by atoms with Gasteiger partial charge >= 0.3 is 0 Å². The number of rotatable bonds is 6. The molecule has 2 heterocycles. The van der Waals surface area contributed by atoms with E-state index in [1.54, 1.807) is 0 Å². The van der Waals surface area contributed by atoms with Gasteiger partial charge in [-0.15, -0.1) is 0 Å². The van der Waals surface area contributed by atoms with Crippen LogP contribution in [-0.4, -0.2) is 6.71 Å². The van der Waals surface area contributed by atoms with E-state index in [0.29, 0.717) is 0 Å². The summed E-state index contributed by atoms with van der Waals surface area (Å²) in [7, 11) is 0. The number of hydrogen-bond acceptors (Lipinski definition) is 2. The number of benzene rings is 11. The van der Waals surface area contributed by atoms with E-state index in [-0.39, 0.29) is 6.71 Å². The molecule has 0 saturated carbocycles. The van der Waals surface area contributed by atoms with E-state index in [2.05, 4.69) is 285 Å². The zero-order chi connectivity index (χ0) is 49.3. The van der Waals surface area contributed by atoms with Crippen molar-refractivity contribution in [1.29, 1.82) is 0 Å². The highest BCUT2D eigenvalue weighted by atomic mass is 15.3. The van der Waals surface area contributed by atoms with Gasteiger partial charge in [-0.25, -0.2) is 0 Å². The van der Waals surface area contributed by atoms with Crippen molar-refractivity contribution in [3.63, 3.8) is 0 Å². The van der Waals surface area contributed by atoms with E-state index in [1.165, 1.54) is 117 Å². The van der Waals surface area contributed by atoms with Crippen molar-refractivity contribution in [3.8, 4) is 22.3 Å². The third kappa shape index (κ3) is 5.67. The molecule has 2 aliphatic heterocycles. The largest absolute Gasteiger partial charge is 0.307 e. The summed E-state index contributed by atoms with van der Waals surface area (Å²) in [6.45, 7) is 6.84. The lowest BCUT2D eigenvalue weighted by atomic mass is 9.33. The highest BCUT2D eigenvalue weighted by Crippen LogP contribution is 2.61. The van der Waals surface area contributed by atoms with E-state index in [1.807, 2.05) is 0 Å². The van der Waals surface area contributed by atoms with Crippen molar-refractivity contribution in [1.82, 2.24) is 0 Å². The fourth-order valence-corrected chi connectivity index (χ4v) is 14.4. The molecular weight excluding hydrogens is 892 g/mol. The third-order valence-electron chi connectivity index (χ3n) is 17.1. The van der Waals surface area contributed by atoms with Crippen molar-refractivity contribution in [2.45, 2.75) is 31.6 Å². The lowest BCUT2D eigenvalue weighted by Crippen LogP contribution is -2.59. The fraction of sp³-hybridized carbons (Fsp3) is 0.0704. The second-order valence-electron chi connectivity index (χ2n) is 20.9. The smallest absolute Gasteiger partial charge is 0.247 e. The first-order valence-corrected chi connectivity index (χ1v) is 26.1. The SMILES string of the molecule is Cc1cc(C)c(B2c3cc4c(cc3N3c5ccccc5N(c5ccc6c(c5)-c5ccccc5C6(c5ccccc5)c5ccccc5)c5cccc2c53)-c2ccccc2C4(c2ccccc2)c2ccccc2)c(C)c1. The predicted molar refractivity (Wildman–Crippen MR) is 309 cm³/mol. The number of anilines is 6.